The number of ether oxygens (including phenoxy) is 1. The number of rotatable bonds is 9. The molecule has 3 rings (SSSR count). The van der Waals surface area contributed by atoms with Crippen LogP contribution in [0, 0.1) is 0 Å². The van der Waals surface area contributed by atoms with E-state index in [2.05, 4.69) is 0 Å². The zero-order valence-electron chi connectivity index (χ0n) is 16.5. The van der Waals surface area contributed by atoms with Crippen LogP contribution in [0.5, 0.6) is 5.75 Å². The minimum atomic E-state index is -5.05. The molecule has 3 aromatic rings. The maximum absolute atomic E-state index is 12.2. The number of nitrogens with zero attached hydrogens (tertiary/aromatic N) is 1. The average molecular weight is 419 g/mol. The van der Waals surface area contributed by atoms with E-state index in [1.807, 2.05) is 48.9 Å². The highest BCUT2D eigenvalue weighted by atomic mass is 32.2. The van der Waals surface area contributed by atoms with Crippen molar-refractivity contribution < 1.29 is 27.6 Å². The van der Waals surface area contributed by atoms with Crippen molar-refractivity contribution in [2.75, 3.05) is 0 Å². The Morgan fingerprint density at radius 2 is 1.76 bits per heavy atom. The van der Waals surface area contributed by atoms with Gasteiger partial charge in [-0.1, -0.05) is 50.5 Å². The van der Waals surface area contributed by atoms with Crippen molar-refractivity contribution >= 4 is 37.9 Å². The molecule has 1 unspecified atom stereocenters. The summed E-state index contributed by atoms with van der Waals surface area (Å²) in [5.74, 6) is -1.62. The number of benzene rings is 2. The normalized spacial score (nSPS) is 14.2. The molecule has 0 fully saturated rings. The van der Waals surface area contributed by atoms with Crippen LogP contribution in [0.15, 0.2) is 42.5 Å². The lowest BCUT2D eigenvalue weighted by atomic mass is 10.1. The first-order chi connectivity index (χ1) is 13.7. The lowest BCUT2D eigenvalue weighted by Crippen LogP contribution is -2.51. The van der Waals surface area contributed by atoms with E-state index in [9.17, 15) is 22.9 Å². The molecule has 1 aromatic heterocycles. The first-order valence-electron chi connectivity index (χ1n) is 9.58. The number of carbonyl (C=O) groups is 1. The number of aromatic nitrogens is 1. The van der Waals surface area contributed by atoms with Crippen molar-refractivity contribution in [2.24, 2.45) is 7.05 Å². The summed E-state index contributed by atoms with van der Waals surface area (Å²) in [5.41, 5.74) is 1.67. The summed E-state index contributed by atoms with van der Waals surface area (Å²) in [6.07, 6.45) is 2.33. The Morgan fingerprint density at radius 3 is 2.41 bits per heavy atom. The third-order valence-corrected chi connectivity index (χ3v) is 6.57. The summed E-state index contributed by atoms with van der Waals surface area (Å²) in [4.78, 5) is 9.31. The summed E-state index contributed by atoms with van der Waals surface area (Å²) in [6.45, 7) is 1.99. The Kier molecular flexibility index (Phi) is 5.86. The van der Waals surface area contributed by atoms with Gasteiger partial charge in [0, 0.05) is 29.8 Å². The highest BCUT2D eigenvalue weighted by Gasteiger charge is 2.53. The quantitative estimate of drug-likeness (QED) is 0.395. The molecule has 0 amide bonds. The van der Waals surface area contributed by atoms with Crippen LogP contribution in [0.1, 0.15) is 39.0 Å². The van der Waals surface area contributed by atoms with Gasteiger partial charge in [-0.05, 0) is 24.6 Å². The molecule has 0 aliphatic carbocycles. The second kappa shape index (κ2) is 8.04. The fourth-order valence-corrected chi connectivity index (χ4v) is 4.54. The van der Waals surface area contributed by atoms with Crippen molar-refractivity contribution in [1.82, 2.24) is 4.57 Å². The highest BCUT2D eigenvalue weighted by Crippen LogP contribution is 2.38. The fraction of sp³-hybridized carbons (Fsp3) is 0.381. The van der Waals surface area contributed by atoms with Gasteiger partial charge in [0.1, 0.15) is 5.75 Å². The summed E-state index contributed by atoms with van der Waals surface area (Å²) < 4.78 is 41.9. The molecule has 2 N–H and O–H groups in total. The SMILES string of the molecule is CCCCCCC(Oc1cccc2c1c1ccccc1n2C)(C(=O)O)S(=O)(=O)O. The Bertz CT molecular complexity index is 1150. The van der Waals surface area contributed by atoms with Gasteiger partial charge >= 0.3 is 21.0 Å². The van der Waals surface area contributed by atoms with Gasteiger partial charge in [-0.3, -0.25) is 4.55 Å². The number of para-hydroxylation sites is 1. The predicted molar refractivity (Wildman–Crippen MR) is 112 cm³/mol. The molecule has 29 heavy (non-hydrogen) atoms. The number of carboxylic acids is 1. The summed E-state index contributed by atoms with van der Waals surface area (Å²) >= 11 is 0. The van der Waals surface area contributed by atoms with Crippen molar-refractivity contribution in [1.29, 1.82) is 0 Å². The minimum absolute atomic E-state index is 0.106. The number of hydrogen-bond donors (Lipinski definition) is 2. The van der Waals surface area contributed by atoms with E-state index in [-0.39, 0.29) is 12.2 Å². The minimum Gasteiger partial charge on any atom is -0.477 e. The van der Waals surface area contributed by atoms with Crippen LogP contribution in [0.4, 0.5) is 0 Å². The van der Waals surface area contributed by atoms with E-state index in [0.717, 1.165) is 29.3 Å². The Labute approximate surface area is 169 Å². The lowest BCUT2D eigenvalue weighted by molar-refractivity contribution is -0.149. The van der Waals surface area contributed by atoms with Crippen LogP contribution in [0.3, 0.4) is 0 Å². The molecule has 0 radical (unpaired) electrons. The van der Waals surface area contributed by atoms with E-state index in [1.165, 1.54) is 6.07 Å². The van der Waals surface area contributed by atoms with Gasteiger partial charge in [0.2, 0.25) is 0 Å². The topological polar surface area (TPSA) is 106 Å². The van der Waals surface area contributed by atoms with Crippen molar-refractivity contribution in [3.8, 4) is 5.75 Å². The molecule has 2 aromatic carbocycles. The van der Waals surface area contributed by atoms with Gasteiger partial charge in [-0.25, -0.2) is 4.79 Å². The van der Waals surface area contributed by atoms with E-state index in [1.54, 1.807) is 6.07 Å². The van der Waals surface area contributed by atoms with Crippen molar-refractivity contribution in [3.63, 3.8) is 0 Å². The maximum Gasteiger partial charge on any atom is 0.366 e. The molecule has 1 heterocycles. The molecule has 0 spiro atoms. The summed E-state index contributed by atoms with van der Waals surface area (Å²) in [7, 11) is -3.19. The second-order valence-corrected chi connectivity index (χ2v) is 8.78. The predicted octanol–water partition coefficient (Wildman–Crippen LogP) is 4.35. The second-order valence-electron chi connectivity index (χ2n) is 7.17. The van der Waals surface area contributed by atoms with Crippen molar-refractivity contribution in [2.45, 2.75) is 44.0 Å². The van der Waals surface area contributed by atoms with E-state index >= 15 is 0 Å². The van der Waals surface area contributed by atoms with Gasteiger partial charge in [0.15, 0.2) is 0 Å². The van der Waals surface area contributed by atoms with E-state index in [0.29, 0.717) is 18.2 Å². The van der Waals surface area contributed by atoms with Gasteiger partial charge < -0.3 is 14.4 Å². The summed E-state index contributed by atoms with van der Waals surface area (Å²) in [5, 5.41) is 11.2. The van der Waals surface area contributed by atoms with Crippen LogP contribution in [0.2, 0.25) is 0 Å². The van der Waals surface area contributed by atoms with Crippen molar-refractivity contribution in [3.05, 3.63) is 42.5 Å². The third-order valence-electron chi connectivity index (χ3n) is 5.28. The maximum atomic E-state index is 12.2. The number of unbranched alkanes of at least 4 members (excludes halogenated alkanes) is 3. The molecule has 0 saturated heterocycles. The molecule has 0 bridgehead atoms. The molecule has 1 atom stereocenters. The monoisotopic (exact) mass is 419 g/mol. The molecular weight excluding hydrogens is 394 g/mol. The zero-order valence-corrected chi connectivity index (χ0v) is 17.3. The molecule has 8 heteroatoms. The molecule has 0 aliphatic rings. The molecule has 7 nitrogen and oxygen atoms in total. The zero-order chi connectivity index (χ0) is 21.2. The van der Waals surface area contributed by atoms with Crippen LogP contribution in [0.25, 0.3) is 21.8 Å². The standard InChI is InChI=1S/C21H25NO6S/c1-3-4-5-8-14-21(20(23)24,29(25,26)27)28-18-13-9-12-17-19(18)15-10-6-7-11-16(15)22(17)2/h6-7,9-13H,3-5,8,14H2,1-2H3,(H,23,24)(H,25,26,27). The van der Waals surface area contributed by atoms with Gasteiger partial charge in [0.05, 0.1) is 5.52 Å². The summed E-state index contributed by atoms with van der Waals surface area (Å²) in [6, 6.07) is 12.6. The Balaban J connectivity index is 2.16. The number of aliphatic carboxylic acids is 1. The molecular formula is C21H25NO6S. The smallest absolute Gasteiger partial charge is 0.366 e. The number of hydrogen-bond acceptors (Lipinski definition) is 4. The lowest BCUT2D eigenvalue weighted by Gasteiger charge is -2.27. The Hall–Kier alpha value is -2.58. The first-order valence-corrected chi connectivity index (χ1v) is 11.0. The fourth-order valence-electron chi connectivity index (χ4n) is 3.72. The third kappa shape index (κ3) is 3.70. The van der Waals surface area contributed by atoms with Gasteiger partial charge in [-0.15, -0.1) is 0 Å². The first kappa shape index (κ1) is 21.1. The number of carboxylic acid groups (broad SMARTS) is 1. The van der Waals surface area contributed by atoms with E-state index in [4.69, 9.17) is 4.74 Å². The van der Waals surface area contributed by atoms with Crippen LogP contribution >= 0.6 is 0 Å². The number of fused-ring (bicyclic) bond motifs is 3. The largest absolute Gasteiger partial charge is 0.477 e. The average Bonchev–Trinajstić information content (AvgIpc) is 2.97. The van der Waals surface area contributed by atoms with Crippen LogP contribution in [-0.2, 0) is 22.0 Å². The van der Waals surface area contributed by atoms with Crippen LogP contribution in [-0.4, -0.2) is 33.5 Å². The Morgan fingerprint density at radius 1 is 1.07 bits per heavy atom. The highest BCUT2D eigenvalue weighted by molar-refractivity contribution is 7.87. The molecule has 156 valence electrons. The van der Waals surface area contributed by atoms with Crippen LogP contribution < -0.4 is 4.74 Å². The van der Waals surface area contributed by atoms with Gasteiger partial charge in [0.25, 0.3) is 0 Å². The molecule has 0 saturated carbocycles. The van der Waals surface area contributed by atoms with E-state index < -0.39 is 21.0 Å². The molecule has 0 aliphatic heterocycles. The number of aryl methyl sites for hydroxylation is 1. The van der Waals surface area contributed by atoms with Gasteiger partial charge in [-0.2, -0.15) is 8.42 Å².